The van der Waals surface area contributed by atoms with E-state index in [9.17, 15) is 9.59 Å². The van der Waals surface area contributed by atoms with Crippen LogP contribution in [0.25, 0.3) is 0 Å². The lowest BCUT2D eigenvalue weighted by atomic mass is 10.1. The molecular weight excluding hydrogens is 344 g/mol. The number of carbonyl (C=O) groups excluding carboxylic acids is 2. The Kier molecular flexibility index (Phi) is 6.82. The van der Waals surface area contributed by atoms with Gasteiger partial charge in [0.25, 0.3) is 0 Å². The second kappa shape index (κ2) is 9.07. The van der Waals surface area contributed by atoms with E-state index in [1.165, 1.54) is 6.92 Å². The first-order valence-electron chi connectivity index (χ1n) is 8.73. The molecule has 0 aliphatic heterocycles. The summed E-state index contributed by atoms with van der Waals surface area (Å²) in [6.45, 7) is 5.60. The number of nitrogens with one attached hydrogen (secondary N) is 1. The van der Waals surface area contributed by atoms with Crippen LogP contribution in [0, 0.1) is 13.8 Å². The maximum atomic E-state index is 12.4. The quantitative estimate of drug-likeness (QED) is 0.807. The summed E-state index contributed by atoms with van der Waals surface area (Å²) in [7, 11) is 3.12. The average molecular weight is 370 g/mol. The first kappa shape index (κ1) is 20.3. The predicted octanol–water partition coefficient (Wildman–Crippen LogP) is 3.70. The number of nitrogens with zero attached hydrogens (tertiary/aromatic N) is 1. The molecular formula is C21H26N2O4. The molecule has 0 fully saturated rings. The Hall–Kier alpha value is -3.02. The van der Waals surface area contributed by atoms with Gasteiger partial charge in [0.15, 0.2) is 0 Å². The van der Waals surface area contributed by atoms with E-state index in [4.69, 9.17) is 9.47 Å². The lowest BCUT2D eigenvalue weighted by Crippen LogP contribution is -2.32. The summed E-state index contributed by atoms with van der Waals surface area (Å²) in [6.07, 6.45) is 0.147. The number of methoxy groups -OCH3 is 2. The van der Waals surface area contributed by atoms with Gasteiger partial charge in [0.05, 0.1) is 25.6 Å². The van der Waals surface area contributed by atoms with Gasteiger partial charge in [-0.25, -0.2) is 0 Å². The van der Waals surface area contributed by atoms with Gasteiger partial charge in [0.1, 0.15) is 11.5 Å². The van der Waals surface area contributed by atoms with E-state index < -0.39 is 0 Å². The number of carbonyl (C=O) groups is 2. The van der Waals surface area contributed by atoms with Gasteiger partial charge < -0.3 is 19.7 Å². The van der Waals surface area contributed by atoms with Gasteiger partial charge in [-0.05, 0) is 49.2 Å². The molecule has 0 saturated heterocycles. The van der Waals surface area contributed by atoms with Crippen LogP contribution in [0.15, 0.2) is 36.4 Å². The van der Waals surface area contributed by atoms with Gasteiger partial charge in [-0.3, -0.25) is 9.59 Å². The summed E-state index contributed by atoms with van der Waals surface area (Å²) in [5.41, 5.74) is 3.29. The third kappa shape index (κ3) is 5.23. The number of aryl methyl sites for hydroxylation is 2. The molecule has 0 saturated carbocycles. The molecule has 2 amide bonds. The smallest absolute Gasteiger partial charge is 0.226 e. The molecule has 2 aromatic rings. The fourth-order valence-electron chi connectivity index (χ4n) is 2.80. The topological polar surface area (TPSA) is 67.9 Å². The Morgan fingerprint density at radius 2 is 1.56 bits per heavy atom. The van der Waals surface area contributed by atoms with Crippen LogP contribution in [0.1, 0.15) is 24.5 Å². The van der Waals surface area contributed by atoms with Crippen LogP contribution in [0.2, 0.25) is 0 Å². The highest BCUT2D eigenvalue weighted by molar-refractivity contribution is 5.96. The van der Waals surface area contributed by atoms with Crippen LogP contribution >= 0.6 is 0 Å². The highest BCUT2D eigenvalue weighted by Crippen LogP contribution is 2.30. The lowest BCUT2D eigenvalue weighted by Gasteiger charge is -2.23. The summed E-state index contributed by atoms with van der Waals surface area (Å²) >= 11 is 0. The minimum Gasteiger partial charge on any atom is -0.495 e. The Labute approximate surface area is 160 Å². The van der Waals surface area contributed by atoms with E-state index >= 15 is 0 Å². The third-order valence-corrected chi connectivity index (χ3v) is 4.20. The SMILES string of the molecule is COc1ccc(C)cc1NC(=O)CCN(C(C)=O)c1cc(C)ccc1OC. The summed E-state index contributed by atoms with van der Waals surface area (Å²) in [5.74, 6) is 0.839. The summed E-state index contributed by atoms with van der Waals surface area (Å²) < 4.78 is 10.6. The van der Waals surface area contributed by atoms with Crippen molar-refractivity contribution in [2.45, 2.75) is 27.2 Å². The van der Waals surface area contributed by atoms with Crippen molar-refractivity contribution in [1.29, 1.82) is 0 Å². The van der Waals surface area contributed by atoms with Gasteiger partial charge in [-0.15, -0.1) is 0 Å². The fraction of sp³-hybridized carbons (Fsp3) is 0.333. The zero-order chi connectivity index (χ0) is 20.0. The van der Waals surface area contributed by atoms with Crippen molar-refractivity contribution in [3.8, 4) is 11.5 Å². The van der Waals surface area contributed by atoms with E-state index in [0.29, 0.717) is 22.9 Å². The highest BCUT2D eigenvalue weighted by atomic mass is 16.5. The van der Waals surface area contributed by atoms with E-state index in [1.807, 2.05) is 50.2 Å². The van der Waals surface area contributed by atoms with Crippen molar-refractivity contribution in [3.63, 3.8) is 0 Å². The molecule has 0 radical (unpaired) electrons. The molecule has 6 heteroatoms. The van der Waals surface area contributed by atoms with Crippen LogP contribution in [0.4, 0.5) is 11.4 Å². The second-order valence-electron chi connectivity index (χ2n) is 6.35. The molecule has 1 N–H and O–H groups in total. The minimum atomic E-state index is -0.197. The standard InChI is InChI=1S/C21H26N2O4/c1-14-6-8-19(26-4)17(12-14)22-21(25)10-11-23(16(3)24)18-13-15(2)7-9-20(18)27-5/h6-9,12-13H,10-11H2,1-5H3,(H,22,25). The van der Waals surface area contributed by atoms with E-state index in [0.717, 1.165) is 11.1 Å². The molecule has 0 atom stereocenters. The average Bonchev–Trinajstić information content (AvgIpc) is 2.62. The molecule has 144 valence electrons. The van der Waals surface area contributed by atoms with E-state index in [-0.39, 0.29) is 24.8 Å². The Morgan fingerprint density at radius 3 is 2.15 bits per heavy atom. The number of hydrogen-bond acceptors (Lipinski definition) is 4. The Bertz CT molecular complexity index is 833. The number of benzene rings is 2. The highest BCUT2D eigenvalue weighted by Gasteiger charge is 2.18. The van der Waals surface area contributed by atoms with Gasteiger partial charge in [0.2, 0.25) is 11.8 Å². The fourth-order valence-corrected chi connectivity index (χ4v) is 2.80. The maximum absolute atomic E-state index is 12.4. The largest absolute Gasteiger partial charge is 0.495 e. The first-order chi connectivity index (χ1) is 12.8. The van der Waals surface area contributed by atoms with Gasteiger partial charge in [-0.1, -0.05) is 12.1 Å². The van der Waals surface area contributed by atoms with E-state index in [1.54, 1.807) is 19.1 Å². The molecule has 0 spiro atoms. The lowest BCUT2D eigenvalue weighted by molar-refractivity contribution is -0.117. The van der Waals surface area contributed by atoms with Gasteiger partial charge >= 0.3 is 0 Å². The summed E-state index contributed by atoms with van der Waals surface area (Å²) in [4.78, 5) is 26.1. The molecule has 27 heavy (non-hydrogen) atoms. The van der Waals surface area contributed by atoms with Crippen molar-refractivity contribution >= 4 is 23.2 Å². The number of anilines is 2. The first-order valence-corrected chi connectivity index (χ1v) is 8.73. The second-order valence-corrected chi connectivity index (χ2v) is 6.35. The summed E-state index contributed by atoms with van der Waals surface area (Å²) in [5, 5.41) is 2.85. The van der Waals surface area contributed by atoms with Crippen LogP contribution < -0.4 is 19.7 Å². The Balaban J connectivity index is 2.13. The molecule has 0 aliphatic carbocycles. The Morgan fingerprint density at radius 1 is 0.963 bits per heavy atom. The molecule has 0 aliphatic rings. The van der Waals surface area contributed by atoms with Crippen LogP contribution in [0.3, 0.4) is 0 Å². The van der Waals surface area contributed by atoms with E-state index in [2.05, 4.69) is 5.32 Å². The number of hydrogen-bond donors (Lipinski definition) is 1. The zero-order valence-electron chi connectivity index (χ0n) is 16.5. The van der Waals surface area contributed by atoms with Crippen LogP contribution in [0.5, 0.6) is 11.5 Å². The van der Waals surface area contributed by atoms with Crippen molar-refractivity contribution in [2.24, 2.45) is 0 Å². The number of ether oxygens (including phenoxy) is 2. The maximum Gasteiger partial charge on any atom is 0.226 e. The van der Waals surface area contributed by atoms with Crippen LogP contribution in [-0.4, -0.2) is 32.6 Å². The minimum absolute atomic E-state index is 0.147. The third-order valence-electron chi connectivity index (χ3n) is 4.20. The molecule has 0 aromatic heterocycles. The summed E-state index contributed by atoms with van der Waals surface area (Å²) in [6, 6.07) is 11.2. The van der Waals surface area contributed by atoms with Gasteiger partial charge in [-0.2, -0.15) is 0 Å². The molecule has 0 heterocycles. The monoisotopic (exact) mass is 370 g/mol. The zero-order valence-corrected chi connectivity index (χ0v) is 16.5. The van der Waals surface area contributed by atoms with Crippen molar-refractivity contribution in [3.05, 3.63) is 47.5 Å². The van der Waals surface area contributed by atoms with Crippen LogP contribution in [-0.2, 0) is 9.59 Å². The predicted molar refractivity (Wildman–Crippen MR) is 107 cm³/mol. The number of rotatable bonds is 7. The molecule has 6 nitrogen and oxygen atoms in total. The molecule has 2 aromatic carbocycles. The molecule has 0 bridgehead atoms. The van der Waals surface area contributed by atoms with Crippen molar-refractivity contribution in [2.75, 3.05) is 31.0 Å². The molecule has 0 unspecified atom stereocenters. The van der Waals surface area contributed by atoms with Gasteiger partial charge in [0, 0.05) is 19.9 Å². The number of amides is 2. The van der Waals surface area contributed by atoms with Crippen molar-refractivity contribution in [1.82, 2.24) is 0 Å². The molecule has 2 rings (SSSR count). The normalized spacial score (nSPS) is 10.3. The van der Waals surface area contributed by atoms with Crippen molar-refractivity contribution < 1.29 is 19.1 Å².